The molecule has 77 heavy (non-hydrogen) atoms. The van der Waals surface area contributed by atoms with Gasteiger partial charge < -0.3 is 14.2 Å². The smallest absolute Gasteiger partial charge is 0.306 e. The molecule has 0 radical (unpaired) electrons. The van der Waals surface area contributed by atoms with Gasteiger partial charge in [0.1, 0.15) is 13.2 Å². The molecule has 6 heteroatoms. The largest absolute Gasteiger partial charge is 0.462 e. The van der Waals surface area contributed by atoms with Gasteiger partial charge in [0.15, 0.2) is 6.10 Å². The van der Waals surface area contributed by atoms with Gasteiger partial charge >= 0.3 is 17.9 Å². The summed E-state index contributed by atoms with van der Waals surface area (Å²) in [5, 5.41) is 0. The van der Waals surface area contributed by atoms with Crippen molar-refractivity contribution in [3.63, 3.8) is 0 Å². The van der Waals surface area contributed by atoms with E-state index in [4.69, 9.17) is 14.2 Å². The summed E-state index contributed by atoms with van der Waals surface area (Å²) in [7, 11) is 0. The van der Waals surface area contributed by atoms with Crippen LogP contribution in [-0.2, 0) is 28.6 Å². The van der Waals surface area contributed by atoms with E-state index in [0.717, 1.165) is 109 Å². The molecule has 0 fully saturated rings. The standard InChI is InChI=1S/C71H124O6/c1-4-7-10-13-16-19-22-25-28-31-33-34-35-36-38-40-43-46-49-52-55-58-61-64-70(73)76-67-68(66-75-69(72)63-60-57-54-51-48-45-42-39-30-27-24-21-18-15-12-9-6-3)77-71(74)65-62-59-56-53-50-47-44-41-37-32-29-26-23-20-17-14-11-8-5-2/h7,10,16-17,19-20,25-26,28-29,33-34,37,41,68H,4-6,8-9,11-15,18,21-24,27,30-32,35-36,38-40,42-67H2,1-3H3/b10-7-,19-16-,20-17-,28-25-,29-26-,34-33-,41-37-. The number of hydrogen-bond donors (Lipinski definition) is 0. The number of rotatable bonds is 60. The minimum atomic E-state index is -0.786. The van der Waals surface area contributed by atoms with Crippen LogP contribution in [0, 0.1) is 0 Å². The molecule has 0 rings (SSSR count). The Morgan fingerprint density at radius 1 is 0.273 bits per heavy atom. The first-order chi connectivity index (χ1) is 38.0. The Balaban J connectivity index is 4.38. The fourth-order valence-electron chi connectivity index (χ4n) is 9.44. The van der Waals surface area contributed by atoms with Crippen LogP contribution in [0.15, 0.2) is 85.1 Å². The van der Waals surface area contributed by atoms with Gasteiger partial charge in [-0.2, -0.15) is 0 Å². The second-order valence-corrected chi connectivity index (χ2v) is 22.0. The zero-order valence-corrected chi connectivity index (χ0v) is 51.0. The number of hydrogen-bond acceptors (Lipinski definition) is 6. The Bertz CT molecular complexity index is 1470. The van der Waals surface area contributed by atoms with Crippen LogP contribution in [0.25, 0.3) is 0 Å². The third-order valence-electron chi connectivity index (χ3n) is 14.4. The van der Waals surface area contributed by atoms with Crippen LogP contribution in [0.1, 0.15) is 329 Å². The van der Waals surface area contributed by atoms with E-state index in [0.29, 0.717) is 19.3 Å². The van der Waals surface area contributed by atoms with E-state index in [-0.39, 0.29) is 31.1 Å². The first-order valence-electron chi connectivity index (χ1n) is 33.1. The number of esters is 3. The van der Waals surface area contributed by atoms with Crippen LogP contribution in [0.2, 0.25) is 0 Å². The Morgan fingerprint density at radius 2 is 0.506 bits per heavy atom. The van der Waals surface area contributed by atoms with Crippen LogP contribution in [0.5, 0.6) is 0 Å². The van der Waals surface area contributed by atoms with E-state index in [1.165, 1.54) is 180 Å². The van der Waals surface area contributed by atoms with Crippen molar-refractivity contribution >= 4 is 17.9 Å². The van der Waals surface area contributed by atoms with Crippen molar-refractivity contribution in [2.75, 3.05) is 13.2 Å². The van der Waals surface area contributed by atoms with E-state index < -0.39 is 6.10 Å². The van der Waals surface area contributed by atoms with E-state index >= 15 is 0 Å². The fourth-order valence-corrected chi connectivity index (χ4v) is 9.44. The van der Waals surface area contributed by atoms with Gasteiger partial charge in [0.05, 0.1) is 0 Å². The maximum Gasteiger partial charge on any atom is 0.306 e. The monoisotopic (exact) mass is 1070 g/mol. The number of unbranched alkanes of at least 4 members (excludes halogenated alkanes) is 35. The maximum atomic E-state index is 12.9. The Morgan fingerprint density at radius 3 is 0.818 bits per heavy atom. The van der Waals surface area contributed by atoms with Crippen LogP contribution >= 0.6 is 0 Å². The summed E-state index contributed by atoms with van der Waals surface area (Å²) in [5.74, 6) is -0.881. The quantitative estimate of drug-likeness (QED) is 0.0261. The Hall–Kier alpha value is -3.41. The average molecular weight is 1070 g/mol. The number of carbonyl (C=O) groups is 3. The molecule has 6 nitrogen and oxygen atoms in total. The van der Waals surface area contributed by atoms with Gasteiger partial charge in [-0.1, -0.05) is 298 Å². The molecular formula is C71H124O6. The Kier molecular flexibility index (Phi) is 62.2. The molecule has 1 unspecified atom stereocenters. The highest BCUT2D eigenvalue weighted by atomic mass is 16.6. The summed E-state index contributed by atoms with van der Waals surface area (Å²) < 4.78 is 17.0. The normalized spacial score (nSPS) is 12.6. The lowest BCUT2D eigenvalue weighted by molar-refractivity contribution is -0.167. The summed E-state index contributed by atoms with van der Waals surface area (Å²) in [4.78, 5) is 38.4. The molecule has 0 amide bonds. The van der Waals surface area contributed by atoms with Gasteiger partial charge in [0.2, 0.25) is 0 Å². The van der Waals surface area contributed by atoms with Crippen LogP contribution in [0.3, 0.4) is 0 Å². The second-order valence-electron chi connectivity index (χ2n) is 22.0. The van der Waals surface area contributed by atoms with Crippen molar-refractivity contribution in [1.29, 1.82) is 0 Å². The molecule has 0 aliphatic heterocycles. The topological polar surface area (TPSA) is 78.9 Å². The second kappa shape index (κ2) is 65.1. The molecule has 0 aromatic heterocycles. The third-order valence-corrected chi connectivity index (χ3v) is 14.4. The molecule has 0 saturated heterocycles. The molecule has 0 saturated carbocycles. The van der Waals surface area contributed by atoms with Crippen molar-refractivity contribution in [3.8, 4) is 0 Å². The van der Waals surface area contributed by atoms with Crippen molar-refractivity contribution in [3.05, 3.63) is 85.1 Å². The summed E-state index contributed by atoms with van der Waals surface area (Å²) in [6.45, 7) is 6.53. The highest BCUT2D eigenvalue weighted by Crippen LogP contribution is 2.17. The van der Waals surface area contributed by atoms with Crippen LogP contribution < -0.4 is 0 Å². The van der Waals surface area contributed by atoms with Crippen molar-refractivity contribution in [1.82, 2.24) is 0 Å². The van der Waals surface area contributed by atoms with Gasteiger partial charge in [-0.15, -0.1) is 0 Å². The SMILES string of the molecule is CC/C=C\C/C=C\C/C=C\C/C=C\CCCCCCCCCCCCC(=O)OCC(COC(=O)CCCCCCCCCCCCCCCCCCC)OC(=O)CCCCCCCC/C=C\C/C=C\C/C=C\CCCCC. The molecule has 0 aromatic rings. The van der Waals surface area contributed by atoms with E-state index in [9.17, 15) is 14.4 Å². The van der Waals surface area contributed by atoms with Crippen molar-refractivity contribution in [2.45, 2.75) is 335 Å². The molecule has 1 atom stereocenters. The number of ether oxygens (including phenoxy) is 3. The molecular weight excluding hydrogens is 949 g/mol. The highest BCUT2D eigenvalue weighted by molar-refractivity contribution is 5.71. The van der Waals surface area contributed by atoms with Crippen molar-refractivity contribution < 1.29 is 28.6 Å². The van der Waals surface area contributed by atoms with E-state index in [2.05, 4.69) is 106 Å². The molecule has 0 aliphatic carbocycles. The predicted octanol–water partition coefficient (Wildman–Crippen LogP) is 22.7. The zero-order chi connectivity index (χ0) is 55.7. The van der Waals surface area contributed by atoms with Crippen LogP contribution in [-0.4, -0.2) is 37.2 Å². The van der Waals surface area contributed by atoms with E-state index in [1.54, 1.807) is 0 Å². The molecule has 0 N–H and O–H groups in total. The van der Waals surface area contributed by atoms with Gasteiger partial charge in [0, 0.05) is 19.3 Å². The van der Waals surface area contributed by atoms with Gasteiger partial charge in [0.25, 0.3) is 0 Å². The minimum absolute atomic E-state index is 0.0800. The van der Waals surface area contributed by atoms with Crippen LogP contribution in [0.4, 0.5) is 0 Å². The lowest BCUT2D eigenvalue weighted by Gasteiger charge is -2.18. The molecule has 444 valence electrons. The number of allylic oxidation sites excluding steroid dienone is 14. The van der Waals surface area contributed by atoms with Gasteiger partial charge in [-0.05, 0) is 96.3 Å². The maximum absolute atomic E-state index is 12.9. The first kappa shape index (κ1) is 73.6. The number of carbonyl (C=O) groups excluding carboxylic acids is 3. The summed E-state index contributed by atoms with van der Waals surface area (Å²) in [6, 6.07) is 0. The third kappa shape index (κ3) is 63.3. The minimum Gasteiger partial charge on any atom is -0.462 e. The van der Waals surface area contributed by atoms with E-state index in [1.807, 2.05) is 0 Å². The fraction of sp³-hybridized carbons (Fsp3) is 0.761. The van der Waals surface area contributed by atoms with Gasteiger partial charge in [-0.25, -0.2) is 0 Å². The Labute approximate surface area is 477 Å². The van der Waals surface area contributed by atoms with Crippen molar-refractivity contribution in [2.24, 2.45) is 0 Å². The molecule has 0 heterocycles. The van der Waals surface area contributed by atoms with Gasteiger partial charge in [-0.3, -0.25) is 14.4 Å². The zero-order valence-electron chi connectivity index (χ0n) is 51.0. The predicted molar refractivity (Wildman–Crippen MR) is 334 cm³/mol. The molecule has 0 aromatic carbocycles. The first-order valence-corrected chi connectivity index (χ1v) is 33.1. The summed E-state index contributed by atoms with van der Waals surface area (Å²) in [5.41, 5.74) is 0. The summed E-state index contributed by atoms with van der Waals surface area (Å²) >= 11 is 0. The highest BCUT2D eigenvalue weighted by Gasteiger charge is 2.19. The average Bonchev–Trinajstić information content (AvgIpc) is 3.43. The molecule has 0 spiro atoms. The molecule has 0 bridgehead atoms. The summed E-state index contributed by atoms with van der Waals surface area (Å²) in [6.07, 6.45) is 85.8. The molecule has 0 aliphatic rings. The lowest BCUT2D eigenvalue weighted by Crippen LogP contribution is -2.30. The lowest BCUT2D eigenvalue weighted by atomic mass is 10.0.